The average molecular weight is 312 g/mol. The van der Waals surface area contributed by atoms with Crippen molar-refractivity contribution in [3.8, 4) is 17.0 Å². The third-order valence-electron chi connectivity index (χ3n) is 3.26. The Balaban J connectivity index is 2.21. The molecule has 1 aromatic heterocycles. The second kappa shape index (κ2) is 6.42. The highest BCUT2D eigenvalue weighted by Crippen LogP contribution is 2.27. The van der Waals surface area contributed by atoms with Crippen molar-refractivity contribution in [3.63, 3.8) is 0 Å². The summed E-state index contributed by atoms with van der Waals surface area (Å²) in [6, 6.07) is 7.74. The van der Waals surface area contributed by atoms with Crippen LogP contribution in [0.4, 0.5) is 13.2 Å². The van der Waals surface area contributed by atoms with Crippen LogP contribution in [0.3, 0.4) is 0 Å². The van der Waals surface area contributed by atoms with Gasteiger partial charge < -0.3 is 4.74 Å². The molecule has 0 radical (unpaired) electrons. The molecule has 1 heterocycles. The predicted molar refractivity (Wildman–Crippen MR) is 78.5 cm³/mol. The largest absolute Gasteiger partial charge is 0.573 e. The fourth-order valence-corrected chi connectivity index (χ4v) is 2.11. The smallest absolute Gasteiger partial charge is 0.406 e. The number of nitrogens with zero attached hydrogens (tertiary/aromatic N) is 2. The zero-order valence-electron chi connectivity index (χ0n) is 12.8. The van der Waals surface area contributed by atoms with Crippen LogP contribution in [0.5, 0.6) is 5.75 Å². The van der Waals surface area contributed by atoms with Crippen LogP contribution < -0.4 is 4.74 Å². The van der Waals surface area contributed by atoms with Crippen LogP contribution in [0, 0.1) is 12.8 Å². The van der Waals surface area contributed by atoms with Gasteiger partial charge in [0.05, 0.1) is 5.69 Å². The van der Waals surface area contributed by atoms with E-state index >= 15 is 0 Å². The highest BCUT2D eigenvalue weighted by atomic mass is 19.4. The first-order valence-electron chi connectivity index (χ1n) is 7.15. The minimum Gasteiger partial charge on any atom is -0.406 e. The SMILES string of the molecule is Cc1cc(-c2cccc(OC(F)(F)F)c2)nn1CCC(C)C. The summed E-state index contributed by atoms with van der Waals surface area (Å²) in [7, 11) is 0. The van der Waals surface area contributed by atoms with Gasteiger partial charge in [0.25, 0.3) is 0 Å². The highest BCUT2D eigenvalue weighted by Gasteiger charge is 2.31. The fourth-order valence-electron chi connectivity index (χ4n) is 2.11. The van der Waals surface area contributed by atoms with E-state index in [1.54, 1.807) is 6.07 Å². The first-order chi connectivity index (χ1) is 10.2. The van der Waals surface area contributed by atoms with Gasteiger partial charge in [0.15, 0.2) is 0 Å². The number of rotatable bonds is 5. The van der Waals surface area contributed by atoms with Crippen LogP contribution in [-0.2, 0) is 6.54 Å². The lowest BCUT2D eigenvalue weighted by atomic mass is 10.1. The van der Waals surface area contributed by atoms with Gasteiger partial charge >= 0.3 is 6.36 Å². The lowest BCUT2D eigenvalue weighted by Gasteiger charge is -2.09. The van der Waals surface area contributed by atoms with Crippen LogP contribution in [0.25, 0.3) is 11.3 Å². The standard InChI is InChI=1S/C16H19F3N2O/c1-11(2)7-8-21-12(3)9-15(20-21)13-5-4-6-14(10-13)22-16(17,18)19/h4-6,9-11H,7-8H2,1-3H3. The molecule has 0 saturated heterocycles. The predicted octanol–water partition coefficient (Wildman–Crippen LogP) is 4.80. The second-order valence-electron chi connectivity index (χ2n) is 5.65. The maximum Gasteiger partial charge on any atom is 0.573 e. The molecule has 3 nitrogen and oxygen atoms in total. The molecule has 120 valence electrons. The molecule has 0 N–H and O–H groups in total. The number of benzene rings is 1. The van der Waals surface area contributed by atoms with Crippen molar-refractivity contribution in [1.29, 1.82) is 0 Å². The molecule has 0 amide bonds. The van der Waals surface area contributed by atoms with Gasteiger partial charge in [-0.15, -0.1) is 13.2 Å². The van der Waals surface area contributed by atoms with Crippen LogP contribution in [0.2, 0.25) is 0 Å². The number of hydrogen-bond acceptors (Lipinski definition) is 2. The summed E-state index contributed by atoms with van der Waals surface area (Å²) in [5.74, 6) is 0.329. The number of alkyl halides is 3. The van der Waals surface area contributed by atoms with E-state index in [4.69, 9.17) is 0 Å². The maximum atomic E-state index is 12.3. The lowest BCUT2D eigenvalue weighted by molar-refractivity contribution is -0.274. The zero-order chi connectivity index (χ0) is 16.3. The van der Waals surface area contributed by atoms with Gasteiger partial charge in [0, 0.05) is 17.8 Å². The lowest BCUT2D eigenvalue weighted by Crippen LogP contribution is -2.17. The Morgan fingerprint density at radius 3 is 2.59 bits per heavy atom. The first kappa shape index (κ1) is 16.4. The summed E-state index contributed by atoms with van der Waals surface area (Å²) in [5, 5.41) is 4.47. The molecule has 0 saturated carbocycles. The third-order valence-corrected chi connectivity index (χ3v) is 3.26. The monoisotopic (exact) mass is 312 g/mol. The molecule has 0 spiro atoms. The molecule has 0 aliphatic rings. The molecule has 0 aliphatic carbocycles. The number of ether oxygens (including phenoxy) is 1. The number of halogens is 3. The quantitative estimate of drug-likeness (QED) is 0.792. The Kier molecular flexibility index (Phi) is 4.78. The van der Waals surface area contributed by atoms with E-state index in [1.165, 1.54) is 18.2 Å². The van der Waals surface area contributed by atoms with Gasteiger partial charge in [-0.2, -0.15) is 5.10 Å². The Labute approximate surface area is 127 Å². The summed E-state index contributed by atoms with van der Waals surface area (Å²) in [6.45, 7) is 7.00. The van der Waals surface area contributed by atoms with E-state index in [2.05, 4.69) is 23.7 Å². The van der Waals surface area contributed by atoms with Gasteiger partial charge in [0.1, 0.15) is 5.75 Å². The van der Waals surface area contributed by atoms with Gasteiger partial charge in [0.2, 0.25) is 0 Å². The van der Waals surface area contributed by atoms with E-state index in [0.29, 0.717) is 17.2 Å². The summed E-state index contributed by atoms with van der Waals surface area (Å²) < 4.78 is 42.7. The molecule has 22 heavy (non-hydrogen) atoms. The van der Waals surface area contributed by atoms with Crippen molar-refractivity contribution in [3.05, 3.63) is 36.0 Å². The van der Waals surface area contributed by atoms with E-state index in [-0.39, 0.29) is 5.75 Å². The molecular formula is C16H19F3N2O. The maximum absolute atomic E-state index is 12.3. The summed E-state index contributed by atoms with van der Waals surface area (Å²) in [4.78, 5) is 0. The molecule has 0 bridgehead atoms. The van der Waals surface area contributed by atoms with Gasteiger partial charge in [-0.1, -0.05) is 26.0 Å². The van der Waals surface area contributed by atoms with Gasteiger partial charge in [-0.25, -0.2) is 0 Å². The minimum atomic E-state index is -4.69. The van der Waals surface area contributed by atoms with Crippen LogP contribution in [-0.4, -0.2) is 16.1 Å². The minimum absolute atomic E-state index is 0.237. The normalized spacial score (nSPS) is 12.0. The van der Waals surface area contributed by atoms with E-state index in [1.807, 2.05) is 17.7 Å². The third kappa shape index (κ3) is 4.51. The van der Waals surface area contributed by atoms with Crippen LogP contribution in [0.1, 0.15) is 26.0 Å². The van der Waals surface area contributed by atoms with Crippen LogP contribution >= 0.6 is 0 Å². The molecule has 0 atom stereocenters. The highest BCUT2D eigenvalue weighted by molar-refractivity contribution is 5.61. The molecule has 1 aromatic carbocycles. The zero-order valence-corrected chi connectivity index (χ0v) is 12.8. The summed E-state index contributed by atoms with van der Waals surface area (Å²) in [6.07, 6.45) is -3.69. The van der Waals surface area contributed by atoms with Crippen molar-refractivity contribution in [2.24, 2.45) is 5.92 Å². The number of aromatic nitrogens is 2. The number of aryl methyl sites for hydroxylation is 2. The fraction of sp³-hybridized carbons (Fsp3) is 0.438. The topological polar surface area (TPSA) is 27.1 Å². The molecule has 6 heteroatoms. The first-order valence-corrected chi connectivity index (χ1v) is 7.15. The molecule has 0 aliphatic heterocycles. The van der Waals surface area contributed by atoms with Crippen molar-refractivity contribution in [1.82, 2.24) is 9.78 Å². The van der Waals surface area contributed by atoms with Crippen molar-refractivity contribution >= 4 is 0 Å². The average Bonchev–Trinajstić information content (AvgIpc) is 2.76. The molecule has 2 aromatic rings. The Bertz CT molecular complexity index is 633. The Morgan fingerprint density at radius 1 is 1.23 bits per heavy atom. The molecule has 0 unspecified atom stereocenters. The second-order valence-corrected chi connectivity index (χ2v) is 5.65. The van der Waals surface area contributed by atoms with Crippen molar-refractivity contribution < 1.29 is 17.9 Å². The van der Waals surface area contributed by atoms with Gasteiger partial charge in [-0.05, 0) is 37.5 Å². The van der Waals surface area contributed by atoms with E-state index in [0.717, 1.165) is 18.7 Å². The number of hydrogen-bond donors (Lipinski definition) is 0. The molecular weight excluding hydrogens is 293 g/mol. The Morgan fingerprint density at radius 2 is 1.95 bits per heavy atom. The van der Waals surface area contributed by atoms with Crippen LogP contribution in [0.15, 0.2) is 30.3 Å². The molecule has 2 rings (SSSR count). The summed E-state index contributed by atoms with van der Waals surface area (Å²) in [5.41, 5.74) is 2.24. The van der Waals surface area contributed by atoms with E-state index in [9.17, 15) is 13.2 Å². The molecule has 0 fully saturated rings. The van der Waals surface area contributed by atoms with Crippen molar-refractivity contribution in [2.45, 2.75) is 40.1 Å². The van der Waals surface area contributed by atoms with E-state index < -0.39 is 6.36 Å². The summed E-state index contributed by atoms with van der Waals surface area (Å²) >= 11 is 0. The Hall–Kier alpha value is -1.98. The van der Waals surface area contributed by atoms with Gasteiger partial charge in [-0.3, -0.25) is 4.68 Å². The van der Waals surface area contributed by atoms with Crippen molar-refractivity contribution in [2.75, 3.05) is 0 Å².